The van der Waals surface area contributed by atoms with Gasteiger partial charge in [0, 0.05) is 25.7 Å². The molecule has 1 fully saturated rings. The standard InChI is InChI=1S/C15H24N2O3S/c1-3-20-14-7-5-9-17(11-14)21(18,19)15-8-4-6-13(10-15)12(2)16/h4,6,8,10,12,14H,3,5,7,9,11,16H2,1-2H3. The fraction of sp³-hybridized carbons (Fsp3) is 0.600. The molecule has 2 unspecified atom stereocenters. The van der Waals surface area contributed by atoms with Gasteiger partial charge in [0.25, 0.3) is 0 Å². The average Bonchev–Trinajstić information content (AvgIpc) is 2.48. The second-order valence-electron chi connectivity index (χ2n) is 5.44. The molecule has 21 heavy (non-hydrogen) atoms. The van der Waals surface area contributed by atoms with E-state index in [2.05, 4.69) is 0 Å². The van der Waals surface area contributed by atoms with Crippen molar-refractivity contribution in [3.63, 3.8) is 0 Å². The maximum Gasteiger partial charge on any atom is 0.243 e. The summed E-state index contributed by atoms with van der Waals surface area (Å²) in [7, 11) is -3.47. The van der Waals surface area contributed by atoms with Gasteiger partial charge in [-0.2, -0.15) is 4.31 Å². The largest absolute Gasteiger partial charge is 0.377 e. The number of ether oxygens (including phenoxy) is 1. The molecule has 1 aromatic carbocycles. The fourth-order valence-electron chi connectivity index (χ4n) is 2.60. The third-order valence-corrected chi connectivity index (χ3v) is 5.63. The van der Waals surface area contributed by atoms with Crippen molar-refractivity contribution in [2.45, 2.75) is 43.7 Å². The van der Waals surface area contributed by atoms with Crippen LogP contribution in [-0.4, -0.2) is 38.5 Å². The SMILES string of the molecule is CCOC1CCCN(S(=O)(=O)c2cccc(C(C)N)c2)C1. The lowest BCUT2D eigenvalue weighted by Gasteiger charge is -2.31. The Bertz CT molecular complexity index is 570. The third kappa shape index (κ3) is 3.83. The highest BCUT2D eigenvalue weighted by Gasteiger charge is 2.30. The molecular formula is C15H24N2O3S. The van der Waals surface area contributed by atoms with Gasteiger partial charge in [-0.3, -0.25) is 0 Å². The molecule has 5 nitrogen and oxygen atoms in total. The Hall–Kier alpha value is -0.950. The molecule has 0 saturated carbocycles. The summed E-state index contributed by atoms with van der Waals surface area (Å²) in [5.41, 5.74) is 6.67. The van der Waals surface area contributed by atoms with Gasteiger partial charge >= 0.3 is 0 Å². The first-order chi connectivity index (χ1) is 9.95. The minimum Gasteiger partial charge on any atom is -0.377 e. The van der Waals surface area contributed by atoms with Crippen molar-refractivity contribution in [1.29, 1.82) is 0 Å². The minimum absolute atomic E-state index is 0.00450. The molecule has 6 heteroatoms. The van der Waals surface area contributed by atoms with Crippen LogP contribution in [0.1, 0.15) is 38.3 Å². The van der Waals surface area contributed by atoms with Crippen molar-refractivity contribution < 1.29 is 13.2 Å². The van der Waals surface area contributed by atoms with Crippen molar-refractivity contribution in [3.8, 4) is 0 Å². The minimum atomic E-state index is -3.47. The van der Waals surface area contributed by atoms with E-state index in [0.717, 1.165) is 18.4 Å². The third-order valence-electron chi connectivity index (χ3n) is 3.76. The molecule has 118 valence electrons. The van der Waals surface area contributed by atoms with Gasteiger partial charge < -0.3 is 10.5 Å². The van der Waals surface area contributed by atoms with E-state index in [1.807, 2.05) is 19.9 Å². The molecule has 2 rings (SSSR count). The second-order valence-corrected chi connectivity index (χ2v) is 7.38. The Labute approximate surface area is 127 Å². The zero-order chi connectivity index (χ0) is 15.5. The van der Waals surface area contributed by atoms with Crippen molar-refractivity contribution in [2.75, 3.05) is 19.7 Å². The Kier molecular flexibility index (Phi) is 5.37. The highest BCUT2D eigenvalue weighted by molar-refractivity contribution is 7.89. The van der Waals surface area contributed by atoms with Crippen LogP contribution in [0.2, 0.25) is 0 Å². The first-order valence-corrected chi connectivity index (χ1v) is 8.86. The number of hydrogen-bond acceptors (Lipinski definition) is 4. The normalized spacial score (nSPS) is 22.1. The lowest BCUT2D eigenvalue weighted by atomic mass is 10.1. The summed E-state index contributed by atoms with van der Waals surface area (Å²) in [4.78, 5) is 0.314. The van der Waals surface area contributed by atoms with Crippen molar-refractivity contribution in [2.24, 2.45) is 5.73 Å². The molecule has 0 amide bonds. The Morgan fingerprint density at radius 1 is 1.48 bits per heavy atom. The summed E-state index contributed by atoms with van der Waals surface area (Å²) < 4.78 is 32.6. The Morgan fingerprint density at radius 3 is 2.90 bits per heavy atom. The van der Waals surface area contributed by atoms with Crippen molar-refractivity contribution in [1.82, 2.24) is 4.31 Å². The van der Waals surface area contributed by atoms with E-state index in [9.17, 15) is 8.42 Å². The molecule has 2 N–H and O–H groups in total. The fourth-order valence-corrected chi connectivity index (χ4v) is 4.17. The van der Waals surface area contributed by atoms with Gasteiger partial charge in [-0.1, -0.05) is 12.1 Å². The predicted octanol–water partition coefficient (Wildman–Crippen LogP) is 1.90. The van der Waals surface area contributed by atoms with Crippen LogP contribution in [0.5, 0.6) is 0 Å². The molecule has 0 spiro atoms. The van der Waals surface area contributed by atoms with Gasteiger partial charge in [0.2, 0.25) is 10.0 Å². The summed E-state index contributed by atoms with van der Waals surface area (Å²) in [6, 6.07) is 6.71. The van der Waals surface area contributed by atoms with Crippen LogP contribution < -0.4 is 5.73 Å². The summed E-state index contributed by atoms with van der Waals surface area (Å²) in [6.07, 6.45) is 1.74. The van der Waals surface area contributed by atoms with Crippen molar-refractivity contribution in [3.05, 3.63) is 29.8 Å². The Balaban J connectivity index is 2.23. The van der Waals surface area contributed by atoms with Crippen LogP contribution in [0.25, 0.3) is 0 Å². The van der Waals surface area contributed by atoms with Crippen LogP contribution in [-0.2, 0) is 14.8 Å². The van der Waals surface area contributed by atoms with E-state index in [1.54, 1.807) is 18.2 Å². The van der Waals surface area contributed by atoms with E-state index in [4.69, 9.17) is 10.5 Å². The summed E-state index contributed by atoms with van der Waals surface area (Å²) in [5, 5.41) is 0. The topological polar surface area (TPSA) is 72.6 Å². The number of rotatable bonds is 5. The summed E-state index contributed by atoms with van der Waals surface area (Å²) in [6.45, 7) is 5.36. The molecule has 1 aliphatic rings. The first-order valence-electron chi connectivity index (χ1n) is 7.42. The zero-order valence-corrected chi connectivity index (χ0v) is 13.5. The number of nitrogens with zero attached hydrogens (tertiary/aromatic N) is 1. The summed E-state index contributed by atoms with van der Waals surface area (Å²) in [5.74, 6) is 0. The van der Waals surface area contributed by atoms with Gasteiger partial charge in [-0.15, -0.1) is 0 Å². The maximum atomic E-state index is 12.7. The first kappa shape index (κ1) is 16.4. The van der Waals surface area contributed by atoms with E-state index in [1.165, 1.54) is 4.31 Å². The van der Waals surface area contributed by atoms with Gasteiger partial charge in [-0.05, 0) is 44.4 Å². The molecule has 1 heterocycles. The predicted molar refractivity (Wildman–Crippen MR) is 82.5 cm³/mol. The number of nitrogens with two attached hydrogens (primary N) is 1. The quantitative estimate of drug-likeness (QED) is 0.901. The Morgan fingerprint density at radius 2 is 2.24 bits per heavy atom. The monoisotopic (exact) mass is 312 g/mol. The molecule has 0 radical (unpaired) electrons. The highest BCUT2D eigenvalue weighted by Crippen LogP contribution is 2.23. The van der Waals surface area contributed by atoms with Crippen LogP contribution in [0.3, 0.4) is 0 Å². The van der Waals surface area contributed by atoms with E-state index in [-0.39, 0.29) is 12.1 Å². The van der Waals surface area contributed by atoms with Crippen LogP contribution in [0.15, 0.2) is 29.2 Å². The number of hydrogen-bond donors (Lipinski definition) is 1. The van der Waals surface area contributed by atoms with E-state index >= 15 is 0 Å². The van der Waals surface area contributed by atoms with Gasteiger partial charge in [0.1, 0.15) is 0 Å². The van der Waals surface area contributed by atoms with E-state index in [0.29, 0.717) is 24.6 Å². The number of sulfonamides is 1. The van der Waals surface area contributed by atoms with Gasteiger partial charge in [-0.25, -0.2) is 8.42 Å². The lowest BCUT2D eigenvalue weighted by Crippen LogP contribution is -2.43. The number of piperidine rings is 1. The van der Waals surface area contributed by atoms with Crippen molar-refractivity contribution >= 4 is 10.0 Å². The maximum absolute atomic E-state index is 12.7. The highest BCUT2D eigenvalue weighted by atomic mass is 32.2. The molecule has 2 atom stereocenters. The zero-order valence-electron chi connectivity index (χ0n) is 12.7. The molecule has 1 aliphatic heterocycles. The van der Waals surface area contributed by atoms with Crippen LogP contribution in [0.4, 0.5) is 0 Å². The van der Waals surface area contributed by atoms with Crippen LogP contribution >= 0.6 is 0 Å². The van der Waals surface area contributed by atoms with E-state index < -0.39 is 10.0 Å². The van der Waals surface area contributed by atoms with Gasteiger partial charge in [0.05, 0.1) is 11.0 Å². The van der Waals surface area contributed by atoms with Crippen LogP contribution in [0, 0.1) is 0 Å². The molecule has 0 aliphatic carbocycles. The average molecular weight is 312 g/mol. The lowest BCUT2D eigenvalue weighted by molar-refractivity contribution is 0.0265. The molecule has 1 saturated heterocycles. The molecule has 0 aromatic heterocycles. The van der Waals surface area contributed by atoms with Gasteiger partial charge in [0.15, 0.2) is 0 Å². The molecule has 0 bridgehead atoms. The molecular weight excluding hydrogens is 288 g/mol. The summed E-state index contributed by atoms with van der Waals surface area (Å²) >= 11 is 0. The second kappa shape index (κ2) is 6.87. The molecule has 1 aromatic rings. The smallest absolute Gasteiger partial charge is 0.243 e. The number of benzene rings is 1.